The zero-order chi connectivity index (χ0) is 15.0. The summed E-state index contributed by atoms with van der Waals surface area (Å²) in [5, 5.41) is 7.02. The van der Waals surface area contributed by atoms with Crippen molar-refractivity contribution < 1.29 is 8.83 Å². The van der Waals surface area contributed by atoms with Crippen LogP contribution in [0.1, 0.15) is 37.2 Å². The van der Waals surface area contributed by atoms with Crippen LogP contribution < -0.4 is 10.6 Å². The van der Waals surface area contributed by atoms with Gasteiger partial charge in [0, 0.05) is 0 Å². The predicted octanol–water partition coefficient (Wildman–Crippen LogP) is 3.56. The van der Waals surface area contributed by atoms with E-state index in [1.54, 1.807) is 12.5 Å². The van der Waals surface area contributed by atoms with E-state index in [-0.39, 0.29) is 0 Å². The van der Waals surface area contributed by atoms with Crippen LogP contribution in [-0.4, -0.2) is 13.1 Å². The van der Waals surface area contributed by atoms with Crippen molar-refractivity contribution in [1.29, 1.82) is 0 Å². The minimum absolute atomic E-state index is 0.816. The van der Waals surface area contributed by atoms with Gasteiger partial charge in [0.05, 0.1) is 25.6 Å². The first-order valence-electron chi connectivity index (χ1n) is 8.36. The molecule has 4 heteroatoms. The summed E-state index contributed by atoms with van der Waals surface area (Å²) in [5.41, 5.74) is 0. The average Bonchev–Trinajstić information content (AvgIpc) is 3.22. The lowest BCUT2D eigenvalue weighted by molar-refractivity contribution is 0.258. The van der Waals surface area contributed by atoms with Crippen molar-refractivity contribution in [3.63, 3.8) is 0 Å². The minimum Gasteiger partial charge on any atom is -0.468 e. The third-order valence-electron chi connectivity index (χ3n) is 4.59. The standard InChI is InChI=1S/C18H26N2O2/c1-3-17(21-9-1)13-19-11-15-5-7-16(8-6-15)12-20-14-18-4-2-10-22-18/h1-4,9-10,15-16,19-20H,5-8,11-14H2. The smallest absolute Gasteiger partial charge is 0.117 e. The van der Waals surface area contributed by atoms with Crippen LogP contribution in [0.5, 0.6) is 0 Å². The van der Waals surface area contributed by atoms with Gasteiger partial charge in [0.1, 0.15) is 11.5 Å². The van der Waals surface area contributed by atoms with Crippen LogP contribution in [0.15, 0.2) is 45.6 Å². The second-order valence-electron chi connectivity index (χ2n) is 6.31. The van der Waals surface area contributed by atoms with Crippen LogP contribution in [0.4, 0.5) is 0 Å². The van der Waals surface area contributed by atoms with E-state index in [0.717, 1.165) is 49.5 Å². The minimum atomic E-state index is 0.816. The summed E-state index contributed by atoms with van der Waals surface area (Å²) in [6.45, 7) is 3.90. The highest BCUT2D eigenvalue weighted by molar-refractivity contribution is 4.98. The van der Waals surface area contributed by atoms with Crippen LogP contribution in [0.25, 0.3) is 0 Å². The van der Waals surface area contributed by atoms with E-state index in [1.165, 1.54) is 25.7 Å². The normalized spacial score (nSPS) is 22.0. The van der Waals surface area contributed by atoms with Gasteiger partial charge in [-0.15, -0.1) is 0 Å². The molecule has 2 heterocycles. The van der Waals surface area contributed by atoms with E-state index in [1.807, 2.05) is 24.3 Å². The maximum atomic E-state index is 5.34. The van der Waals surface area contributed by atoms with Gasteiger partial charge in [-0.3, -0.25) is 0 Å². The Morgan fingerprint density at radius 1 is 0.773 bits per heavy atom. The molecule has 1 fully saturated rings. The molecule has 0 spiro atoms. The van der Waals surface area contributed by atoms with Gasteiger partial charge in [0.2, 0.25) is 0 Å². The number of furan rings is 2. The molecule has 4 nitrogen and oxygen atoms in total. The maximum absolute atomic E-state index is 5.34. The Labute approximate surface area is 132 Å². The van der Waals surface area contributed by atoms with Gasteiger partial charge >= 0.3 is 0 Å². The van der Waals surface area contributed by atoms with Crippen molar-refractivity contribution in [3.05, 3.63) is 48.3 Å². The molecule has 2 aromatic rings. The Balaban J connectivity index is 1.26. The van der Waals surface area contributed by atoms with E-state index in [0.29, 0.717) is 0 Å². The molecule has 0 bridgehead atoms. The molecule has 0 aromatic carbocycles. The Bertz CT molecular complexity index is 451. The number of rotatable bonds is 8. The fraction of sp³-hybridized carbons (Fsp3) is 0.556. The molecule has 2 aromatic heterocycles. The van der Waals surface area contributed by atoms with Crippen LogP contribution in [0, 0.1) is 11.8 Å². The second kappa shape index (κ2) is 8.20. The van der Waals surface area contributed by atoms with Crippen LogP contribution >= 0.6 is 0 Å². The summed E-state index contributed by atoms with van der Waals surface area (Å²) in [4.78, 5) is 0. The highest BCUT2D eigenvalue weighted by atomic mass is 16.3. The highest BCUT2D eigenvalue weighted by Gasteiger charge is 2.20. The summed E-state index contributed by atoms with van der Waals surface area (Å²) >= 11 is 0. The first-order valence-corrected chi connectivity index (χ1v) is 8.36. The lowest BCUT2D eigenvalue weighted by Crippen LogP contribution is -2.30. The summed E-state index contributed by atoms with van der Waals surface area (Å²) in [7, 11) is 0. The van der Waals surface area contributed by atoms with E-state index < -0.39 is 0 Å². The van der Waals surface area contributed by atoms with Gasteiger partial charge in [-0.1, -0.05) is 0 Å². The Hall–Kier alpha value is -1.52. The Morgan fingerprint density at radius 2 is 1.23 bits per heavy atom. The van der Waals surface area contributed by atoms with E-state index >= 15 is 0 Å². The molecule has 120 valence electrons. The van der Waals surface area contributed by atoms with Crippen molar-refractivity contribution in [2.24, 2.45) is 11.8 Å². The number of nitrogens with one attached hydrogen (secondary N) is 2. The SMILES string of the molecule is c1coc(CNCC2CCC(CNCc3ccco3)CC2)c1. The molecule has 0 amide bonds. The van der Waals surface area contributed by atoms with Gasteiger partial charge < -0.3 is 19.5 Å². The van der Waals surface area contributed by atoms with Gasteiger partial charge in [0.25, 0.3) is 0 Å². The zero-order valence-corrected chi connectivity index (χ0v) is 13.1. The molecule has 1 aliphatic carbocycles. The van der Waals surface area contributed by atoms with Crippen molar-refractivity contribution in [2.75, 3.05) is 13.1 Å². The molecule has 0 radical (unpaired) electrons. The molecule has 1 saturated carbocycles. The van der Waals surface area contributed by atoms with Crippen molar-refractivity contribution >= 4 is 0 Å². The van der Waals surface area contributed by atoms with Gasteiger partial charge in [-0.05, 0) is 74.9 Å². The number of hydrogen-bond donors (Lipinski definition) is 2. The second-order valence-corrected chi connectivity index (χ2v) is 6.31. The predicted molar refractivity (Wildman–Crippen MR) is 86.3 cm³/mol. The fourth-order valence-corrected chi connectivity index (χ4v) is 3.27. The summed E-state index contributed by atoms with van der Waals surface area (Å²) < 4.78 is 10.7. The largest absolute Gasteiger partial charge is 0.468 e. The molecule has 0 aliphatic heterocycles. The van der Waals surface area contributed by atoms with E-state index in [4.69, 9.17) is 8.83 Å². The first-order chi connectivity index (χ1) is 10.9. The van der Waals surface area contributed by atoms with Crippen molar-refractivity contribution in [1.82, 2.24) is 10.6 Å². The number of hydrogen-bond acceptors (Lipinski definition) is 4. The molecular formula is C18H26N2O2. The third-order valence-corrected chi connectivity index (χ3v) is 4.59. The Morgan fingerprint density at radius 3 is 1.59 bits per heavy atom. The van der Waals surface area contributed by atoms with Gasteiger partial charge in [0.15, 0.2) is 0 Å². The zero-order valence-electron chi connectivity index (χ0n) is 13.1. The third kappa shape index (κ3) is 4.75. The molecular weight excluding hydrogens is 276 g/mol. The van der Waals surface area contributed by atoms with Crippen molar-refractivity contribution in [3.8, 4) is 0 Å². The average molecular weight is 302 g/mol. The van der Waals surface area contributed by atoms with Gasteiger partial charge in [-0.2, -0.15) is 0 Å². The monoisotopic (exact) mass is 302 g/mol. The van der Waals surface area contributed by atoms with Crippen molar-refractivity contribution in [2.45, 2.75) is 38.8 Å². The molecule has 2 N–H and O–H groups in total. The highest BCUT2D eigenvalue weighted by Crippen LogP contribution is 2.28. The molecule has 0 atom stereocenters. The molecule has 3 rings (SSSR count). The van der Waals surface area contributed by atoms with Crippen LogP contribution in [0.2, 0.25) is 0 Å². The van der Waals surface area contributed by atoms with Crippen LogP contribution in [-0.2, 0) is 13.1 Å². The summed E-state index contributed by atoms with van der Waals surface area (Å²) in [5.74, 6) is 3.68. The molecule has 22 heavy (non-hydrogen) atoms. The maximum Gasteiger partial charge on any atom is 0.117 e. The molecule has 0 unspecified atom stereocenters. The molecule has 0 saturated heterocycles. The lowest BCUT2D eigenvalue weighted by atomic mass is 9.82. The van der Waals surface area contributed by atoms with Gasteiger partial charge in [-0.25, -0.2) is 0 Å². The topological polar surface area (TPSA) is 50.3 Å². The van der Waals surface area contributed by atoms with Crippen LogP contribution in [0.3, 0.4) is 0 Å². The summed E-state index contributed by atoms with van der Waals surface area (Å²) in [6.07, 6.45) is 8.79. The first kappa shape index (κ1) is 15.4. The lowest BCUT2D eigenvalue weighted by Gasteiger charge is -2.28. The fourth-order valence-electron chi connectivity index (χ4n) is 3.27. The molecule has 1 aliphatic rings. The van der Waals surface area contributed by atoms with E-state index in [9.17, 15) is 0 Å². The van der Waals surface area contributed by atoms with E-state index in [2.05, 4.69) is 10.6 Å². The quantitative estimate of drug-likeness (QED) is 0.783. The Kier molecular flexibility index (Phi) is 5.73. The summed E-state index contributed by atoms with van der Waals surface area (Å²) in [6, 6.07) is 7.93.